The van der Waals surface area contributed by atoms with E-state index in [9.17, 15) is 4.79 Å². The second-order valence-corrected chi connectivity index (χ2v) is 8.65. The lowest BCUT2D eigenvalue weighted by Crippen LogP contribution is -2.76. The van der Waals surface area contributed by atoms with Crippen molar-refractivity contribution in [3.8, 4) is 22.5 Å². The number of nitrogens with one attached hydrogen (secondary N) is 2. The summed E-state index contributed by atoms with van der Waals surface area (Å²) < 4.78 is 12.7. The first-order valence-electron chi connectivity index (χ1n) is 11.3. The number of esters is 1. The molecule has 0 atom stereocenters. The molecule has 1 heterocycles. The van der Waals surface area contributed by atoms with Gasteiger partial charge in [-0.15, -0.1) is 0 Å². The van der Waals surface area contributed by atoms with Crippen LogP contribution in [0.25, 0.3) is 33.4 Å². The maximum atomic E-state index is 12.8. The molecule has 0 fully saturated rings. The van der Waals surface area contributed by atoms with Gasteiger partial charge in [0.1, 0.15) is 17.9 Å². The SMILES string of the molecule is CCNc1cc2oc3cc(=[NH+]CC)c(C)cc-3c(-c3ccccc3C(=O)OCC)c2cc1Br. The van der Waals surface area contributed by atoms with Crippen LogP contribution in [0.2, 0.25) is 0 Å². The highest BCUT2D eigenvalue weighted by Crippen LogP contribution is 2.43. The molecule has 1 aliphatic heterocycles. The Bertz CT molecular complexity index is 1370. The molecular formula is C27H28BrN2O3+. The number of fused-ring (bicyclic) bond motifs is 2. The van der Waals surface area contributed by atoms with E-state index in [0.29, 0.717) is 12.2 Å². The Morgan fingerprint density at radius 2 is 1.88 bits per heavy atom. The third kappa shape index (κ3) is 4.40. The fourth-order valence-corrected chi connectivity index (χ4v) is 4.63. The summed E-state index contributed by atoms with van der Waals surface area (Å²) in [6, 6.07) is 15.8. The van der Waals surface area contributed by atoms with Crippen molar-refractivity contribution in [1.82, 2.24) is 0 Å². The normalized spacial score (nSPS) is 11.8. The smallest absolute Gasteiger partial charge is 0.338 e. The van der Waals surface area contributed by atoms with E-state index < -0.39 is 0 Å². The number of aryl methyl sites for hydroxylation is 1. The lowest BCUT2D eigenvalue weighted by atomic mass is 9.90. The van der Waals surface area contributed by atoms with Crippen LogP contribution in [-0.2, 0) is 4.74 Å². The molecule has 2 aromatic carbocycles. The molecule has 0 spiro atoms. The van der Waals surface area contributed by atoms with Gasteiger partial charge in [-0.3, -0.25) is 0 Å². The summed E-state index contributed by atoms with van der Waals surface area (Å²) in [6.07, 6.45) is 0. The van der Waals surface area contributed by atoms with Gasteiger partial charge in [0.25, 0.3) is 0 Å². The first kappa shape index (κ1) is 23.1. The number of hydrogen-bond acceptors (Lipinski definition) is 4. The average Bonchev–Trinajstić information content (AvgIpc) is 2.80. The molecule has 170 valence electrons. The van der Waals surface area contributed by atoms with Crippen LogP contribution in [0.3, 0.4) is 0 Å². The molecule has 0 aromatic heterocycles. The van der Waals surface area contributed by atoms with Gasteiger partial charge >= 0.3 is 5.97 Å². The minimum atomic E-state index is -0.334. The van der Waals surface area contributed by atoms with Crippen LogP contribution in [0.4, 0.5) is 5.69 Å². The molecule has 0 radical (unpaired) electrons. The van der Waals surface area contributed by atoms with E-state index in [0.717, 1.165) is 67.6 Å². The Morgan fingerprint density at radius 3 is 2.61 bits per heavy atom. The zero-order chi connectivity index (χ0) is 23.5. The van der Waals surface area contributed by atoms with E-state index in [1.807, 2.05) is 43.3 Å². The van der Waals surface area contributed by atoms with Gasteiger partial charge in [-0.2, -0.15) is 0 Å². The van der Waals surface area contributed by atoms with Crippen molar-refractivity contribution in [3.05, 3.63) is 69.5 Å². The van der Waals surface area contributed by atoms with Crippen LogP contribution >= 0.6 is 15.9 Å². The van der Waals surface area contributed by atoms with Gasteiger partial charge in [0.05, 0.1) is 23.9 Å². The lowest BCUT2D eigenvalue weighted by molar-refractivity contribution is -0.496. The van der Waals surface area contributed by atoms with Gasteiger partial charge in [0.2, 0.25) is 5.36 Å². The average molecular weight is 508 g/mol. The largest absolute Gasteiger partial charge is 0.462 e. The van der Waals surface area contributed by atoms with Gasteiger partial charge in [-0.25, -0.2) is 9.79 Å². The molecule has 6 heteroatoms. The molecule has 2 aromatic rings. The van der Waals surface area contributed by atoms with Crippen LogP contribution in [-0.4, -0.2) is 25.7 Å². The summed E-state index contributed by atoms with van der Waals surface area (Å²) in [5.74, 6) is 0.419. The van der Waals surface area contributed by atoms with Crippen molar-refractivity contribution in [2.24, 2.45) is 0 Å². The summed E-state index contributed by atoms with van der Waals surface area (Å²) in [5.41, 5.74) is 6.05. The topological polar surface area (TPSA) is 65.4 Å². The van der Waals surface area contributed by atoms with E-state index in [4.69, 9.17) is 9.15 Å². The van der Waals surface area contributed by atoms with Crippen LogP contribution in [0.1, 0.15) is 36.7 Å². The van der Waals surface area contributed by atoms with Crippen molar-refractivity contribution in [1.29, 1.82) is 0 Å². The number of rotatable bonds is 6. The standard InChI is InChI=1S/C27H27BrN2O3/c1-5-29-22-14-24-19(12-16(22)4)26(17-10-8-9-11-18(17)27(31)32-7-3)20-13-21(28)23(30-6-2)15-25(20)33-24/h8-15,30H,5-7H2,1-4H3/p+1. The molecule has 2 N–H and O–H groups in total. The number of halogens is 1. The summed E-state index contributed by atoms with van der Waals surface area (Å²) in [4.78, 5) is 16.3. The van der Waals surface area contributed by atoms with Gasteiger partial charge in [0, 0.05) is 39.2 Å². The van der Waals surface area contributed by atoms with Gasteiger partial charge < -0.3 is 14.5 Å². The maximum absolute atomic E-state index is 12.8. The van der Waals surface area contributed by atoms with Crippen LogP contribution in [0.5, 0.6) is 0 Å². The number of ether oxygens (including phenoxy) is 1. The van der Waals surface area contributed by atoms with Crippen molar-refractivity contribution in [2.75, 3.05) is 25.0 Å². The van der Waals surface area contributed by atoms with Crippen LogP contribution in [0, 0.1) is 6.92 Å². The highest BCUT2D eigenvalue weighted by Gasteiger charge is 2.24. The predicted molar refractivity (Wildman–Crippen MR) is 135 cm³/mol. The minimum Gasteiger partial charge on any atom is -0.462 e. The molecule has 1 aliphatic carbocycles. The molecule has 0 saturated carbocycles. The number of carbonyl (C=O) groups excluding carboxylic acids is 1. The highest BCUT2D eigenvalue weighted by molar-refractivity contribution is 9.10. The number of hydrogen-bond donors (Lipinski definition) is 2. The molecule has 0 bridgehead atoms. The zero-order valence-corrected chi connectivity index (χ0v) is 20.9. The Kier molecular flexibility index (Phi) is 6.84. The highest BCUT2D eigenvalue weighted by atomic mass is 79.9. The van der Waals surface area contributed by atoms with Gasteiger partial charge in [-0.05, 0) is 67.4 Å². The van der Waals surface area contributed by atoms with Crippen LogP contribution < -0.4 is 15.7 Å². The van der Waals surface area contributed by atoms with Gasteiger partial charge in [-0.1, -0.05) is 18.2 Å². The fraction of sp³-hybridized carbons (Fsp3) is 0.259. The Morgan fingerprint density at radius 1 is 1.09 bits per heavy atom. The molecule has 2 aliphatic rings. The number of benzene rings is 3. The van der Waals surface area contributed by atoms with Crippen molar-refractivity contribution >= 4 is 38.6 Å². The molecule has 0 amide bonds. The summed E-state index contributed by atoms with van der Waals surface area (Å²) in [5, 5.41) is 5.32. The Labute approximate surface area is 202 Å². The Hall–Kier alpha value is -3.12. The quantitative estimate of drug-likeness (QED) is 0.288. The minimum absolute atomic E-state index is 0.321. The van der Waals surface area contributed by atoms with E-state index in [-0.39, 0.29) is 5.97 Å². The lowest BCUT2D eigenvalue weighted by Gasteiger charge is -2.19. The maximum Gasteiger partial charge on any atom is 0.338 e. The van der Waals surface area contributed by atoms with Crippen molar-refractivity contribution in [3.63, 3.8) is 0 Å². The fourth-order valence-electron chi connectivity index (χ4n) is 4.15. The second kappa shape index (κ2) is 9.79. The molecular weight excluding hydrogens is 480 g/mol. The summed E-state index contributed by atoms with van der Waals surface area (Å²) >= 11 is 3.70. The van der Waals surface area contributed by atoms with E-state index in [1.54, 1.807) is 0 Å². The summed E-state index contributed by atoms with van der Waals surface area (Å²) in [6.45, 7) is 9.95. The van der Waals surface area contributed by atoms with Crippen molar-refractivity contribution < 1.29 is 18.9 Å². The molecule has 33 heavy (non-hydrogen) atoms. The summed E-state index contributed by atoms with van der Waals surface area (Å²) in [7, 11) is 0. The monoisotopic (exact) mass is 507 g/mol. The first-order valence-corrected chi connectivity index (χ1v) is 12.1. The number of carbonyl (C=O) groups is 1. The molecule has 5 nitrogen and oxygen atoms in total. The van der Waals surface area contributed by atoms with E-state index >= 15 is 0 Å². The Balaban J connectivity index is 2.15. The predicted octanol–water partition coefficient (Wildman–Crippen LogP) is 4.89. The third-order valence-electron chi connectivity index (χ3n) is 5.58. The van der Waals surface area contributed by atoms with E-state index in [2.05, 4.69) is 59.1 Å². The molecule has 0 saturated heterocycles. The van der Waals surface area contributed by atoms with Crippen molar-refractivity contribution in [2.45, 2.75) is 27.7 Å². The zero-order valence-electron chi connectivity index (χ0n) is 19.3. The first-order chi connectivity index (χ1) is 16.0. The third-order valence-corrected chi connectivity index (χ3v) is 6.24. The number of anilines is 1. The molecule has 4 rings (SSSR count). The second-order valence-electron chi connectivity index (χ2n) is 7.80. The van der Waals surface area contributed by atoms with Gasteiger partial charge in [0.15, 0.2) is 0 Å². The molecule has 0 unspecified atom stereocenters. The van der Waals surface area contributed by atoms with Crippen LogP contribution in [0.15, 0.2) is 57.4 Å². The van der Waals surface area contributed by atoms with E-state index in [1.165, 1.54) is 0 Å².